The van der Waals surface area contributed by atoms with Gasteiger partial charge in [0, 0.05) is 51.4 Å². The van der Waals surface area contributed by atoms with Crippen LogP contribution in [-0.2, 0) is 35.5 Å². The molecule has 3 aromatic rings. The molecule has 0 atom stereocenters. The maximum Gasteiger partial charge on any atom is 0.271 e. The van der Waals surface area contributed by atoms with Crippen LogP contribution in [0, 0.1) is 5.92 Å². The van der Waals surface area contributed by atoms with E-state index in [1.807, 2.05) is 0 Å². The van der Waals surface area contributed by atoms with Crippen LogP contribution in [0.5, 0.6) is 0 Å². The Morgan fingerprint density at radius 3 is 2.41 bits per heavy atom. The second-order valence-corrected chi connectivity index (χ2v) is 10.2. The predicted octanol–water partition coefficient (Wildman–Crippen LogP) is 1.12. The van der Waals surface area contributed by atoms with Gasteiger partial charge in [-0.05, 0) is 25.0 Å². The fraction of sp³-hybridized carbons (Fsp3) is 0.364. The van der Waals surface area contributed by atoms with Gasteiger partial charge in [0.2, 0.25) is 15.9 Å². The van der Waals surface area contributed by atoms with Gasteiger partial charge in [-0.25, -0.2) is 8.42 Å². The summed E-state index contributed by atoms with van der Waals surface area (Å²) in [5.41, 5.74) is 1.40. The van der Waals surface area contributed by atoms with Gasteiger partial charge in [0.05, 0.1) is 23.0 Å². The first kappa shape index (κ1) is 23.6. The maximum absolute atomic E-state index is 12.9. The van der Waals surface area contributed by atoms with Crippen molar-refractivity contribution < 1.29 is 18.0 Å². The monoisotopic (exact) mass is 485 g/mol. The highest BCUT2D eigenvalue weighted by Crippen LogP contribution is 2.25. The van der Waals surface area contributed by atoms with E-state index in [-0.39, 0.29) is 41.4 Å². The van der Waals surface area contributed by atoms with Crippen LogP contribution in [0.3, 0.4) is 0 Å². The van der Waals surface area contributed by atoms with Crippen LogP contribution in [0.15, 0.2) is 53.8 Å². The molecule has 1 fully saturated rings. The molecule has 4 rings (SSSR count). The molecule has 2 amide bonds. The van der Waals surface area contributed by atoms with Gasteiger partial charge >= 0.3 is 0 Å². The van der Waals surface area contributed by atoms with Gasteiger partial charge in [-0.1, -0.05) is 18.2 Å². The molecule has 0 unspecified atom stereocenters. The minimum absolute atomic E-state index is 0.237. The van der Waals surface area contributed by atoms with E-state index in [4.69, 9.17) is 0 Å². The topological polar surface area (TPSA) is 131 Å². The van der Waals surface area contributed by atoms with Crippen molar-refractivity contribution in [3.05, 3.63) is 60.2 Å². The fourth-order valence-electron chi connectivity index (χ4n) is 3.96. The van der Waals surface area contributed by atoms with Gasteiger partial charge < -0.3 is 10.6 Å². The van der Waals surface area contributed by atoms with Gasteiger partial charge in [-0.3, -0.25) is 19.0 Å². The third kappa shape index (κ3) is 5.02. The smallest absolute Gasteiger partial charge is 0.271 e. The van der Waals surface area contributed by atoms with E-state index in [1.165, 1.54) is 15.2 Å². The number of hydrogen-bond acceptors (Lipinski definition) is 6. The van der Waals surface area contributed by atoms with Gasteiger partial charge in [-0.2, -0.15) is 14.5 Å². The lowest BCUT2D eigenvalue weighted by molar-refractivity contribution is -0.120. The van der Waals surface area contributed by atoms with Crippen molar-refractivity contribution in [1.29, 1.82) is 0 Å². The molecular weight excluding hydrogens is 458 g/mol. The van der Waals surface area contributed by atoms with Crippen LogP contribution in [0.1, 0.15) is 28.9 Å². The lowest BCUT2D eigenvalue weighted by Gasteiger charge is -2.30. The Kier molecular flexibility index (Phi) is 6.80. The van der Waals surface area contributed by atoms with Gasteiger partial charge in [-0.15, -0.1) is 0 Å². The van der Waals surface area contributed by atoms with Gasteiger partial charge in [0.1, 0.15) is 5.69 Å². The Hall–Kier alpha value is -3.51. The molecule has 1 aromatic carbocycles. The molecule has 12 heteroatoms. The van der Waals surface area contributed by atoms with Crippen LogP contribution in [-0.4, -0.2) is 57.2 Å². The lowest BCUT2D eigenvalue weighted by atomic mass is 9.97. The highest BCUT2D eigenvalue weighted by atomic mass is 32.2. The number of piperidine rings is 1. The largest absolute Gasteiger partial charge is 0.346 e. The van der Waals surface area contributed by atoms with Crippen molar-refractivity contribution in [1.82, 2.24) is 29.2 Å². The van der Waals surface area contributed by atoms with E-state index < -0.39 is 10.0 Å². The van der Waals surface area contributed by atoms with Crippen molar-refractivity contribution in [2.75, 3.05) is 18.4 Å². The summed E-state index contributed by atoms with van der Waals surface area (Å²) in [5, 5.41) is 13.8. The third-order valence-corrected chi connectivity index (χ3v) is 7.74. The Bertz CT molecular complexity index is 1280. The minimum atomic E-state index is -3.58. The van der Waals surface area contributed by atoms with E-state index in [0.29, 0.717) is 25.1 Å². The van der Waals surface area contributed by atoms with E-state index in [9.17, 15) is 18.0 Å². The first-order chi connectivity index (χ1) is 16.3. The van der Waals surface area contributed by atoms with Crippen molar-refractivity contribution in [3.63, 3.8) is 0 Å². The summed E-state index contributed by atoms with van der Waals surface area (Å²) in [4.78, 5) is 25.9. The number of carbonyl (C=O) groups excluding carboxylic acids is 2. The predicted molar refractivity (Wildman–Crippen MR) is 124 cm³/mol. The second kappa shape index (κ2) is 9.77. The second-order valence-electron chi connectivity index (χ2n) is 8.22. The standard InChI is InChI=1S/C22H27N7O4S/c1-27-15-16(13-24-27)12-23-22(31)20-19(14-25-28(20)2)26-21(30)17-8-10-29(11-9-17)34(32,33)18-6-4-3-5-7-18/h3-7,13-15,17H,8-12H2,1-2H3,(H,23,31)(H,26,30). The summed E-state index contributed by atoms with van der Waals surface area (Å²) in [5.74, 6) is -0.997. The number of sulfonamides is 1. The SMILES string of the molecule is Cn1cc(CNC(=O)c2c(NC(=O)C3CCN(S(=O)(=O)c4ccccc4)CC3)cnn2C)cn1. The highest BCUT2D eigenvalue weighted by molar-refractivity contribution is 7.89. The zero-order chi connectivity index (χ0) is 24.3. The quantitative estimate of drug-likeness (QED) is 0.516. The summed E-state index contributed by atoms with van der Waals surface area (Å²) >= 11 is 0. The number of hydrogen-bond donors (Lipinski definition) is 2. The Morgan fingerprint density at radius 2 is 1.76 bits per heavy atom. The van der Waals surface area contributed by atoms with Crippen molar-refractivity contribution >= 4 is 27.5 Å². The van der Waals surface area contributed by atoms with Crippen LogP contribution < -0.4 is 10.6 Å². The molecule has 180 valence electrons. The number of amides is 2. The van der Waals surface area contributed by atoms with Crippen molar-refractivity contribution in [2.24, 2.45) is 20.0 Å². The first-order valence-electron chi connectivity index (χ1n) is 10.9. The molecule has 1 saturated heterocycles. The number of benzene rings is 1. The summed E-state index contributed by atoms with van der Waals surface area (Å²) in [6, 6.07) is 8.27. The fourth-order valence-corrected chi connectivity index (χ4v) is 5.45. The van der Waals surface area contributed by atoms with Crippen molar-refractivity contribution in [2.45, 2.75) is 24.3 Å². The molecule has 0 saturated carbocycles. The van der Waals surface area contributed by atoms with E-state index in [0.717, 1.165) is 5.56 Å². The number of carbonyl (C=O) groups is 2. The average molecular weight is 486 g/mol. The molecular formula is C22H27N7O4S. The Labute approximate surface area is 197 Å². The van der Waals surface area contributed by atoms with Crippen LogP contribution in [0.4, 0.5) is 5.69 Å². The Morgan fingerprint density at radius 1 is 1.06 bits per heavy atom. The molecule has 3 heterocycles. The summed E-state index contributed by atoms with van der Waals surface area (Å²) in [6.07, 6.45) is 5.68. The van der Waals surface area contributed by atoms with E-state index in [2.05, 4.69) is 20.8 Å². The van der Waals surface area contributed by atoms with Gasteiger partial charge in [0.25, 0.3) is 5.91 Å². The molecule has 0 aliphatic carbocycles. The number of aromatic nitrogens is 4. The van der Waals surface area contributed by atoms with Crippen LogP contribution >= 0.6 is 0 Å². The number of aryl methyl sites for hydroxylation is 2. The zero-order valence-electron chi connectivity index (χ0n) is 19.0. The van der Waals surface area contributed by atoms with Crippen molar-refractivity contribution in [3.8, 4) is 0 Å². The summed E-state index contributed by atoms with van der Waals surface area (Å²) in [7, 11) is -0.163. The zero-order valence-corrected chi connectivity index (χ0v) is 19.8. The molecule has 34 heavy (non-hydrogen) atoms. The van der Waals surface area contributed by atoms with Crippen LogP contribution in [0.2, 0.25) is 0 Å². The lowest BCUT2D eigenvalue weighted by Crippen LogP contribution is -2.41. The molecule has 11 nitrogen and oxygen atoms in total. The average Bonchev–Trinajstić information content (AvgIpc) is 3.43. The van der Waals surface area contributed by atoms with Crippen LogP contribution in [0.25, 0.3) is 0 Å². The molecule has 0 bridgehead atoms. The number of nitrogens with zero attached hydrogens (tertiary/aromatic N) is 5. The molecule has 2 aromatic heterocycles. The molecule has 2 N–H and O–H groups in total. The number of anilines is 1. The Balaban J connectivity index is 1.36. The summed E-state index contributed by atoms with van der Waals surface area (Å²) < 4.78 is 30.1. The molecule has 1 aliphatic rings. The third-order valence-electron chi connectivity index (χ3n) is 5.83. The highest BCUT2D eigenvalue weighted by Gasteiger charge is 2.32. The minimum Gasteiger partial charge on any atom is -0.346 e. The van der Waals surface area contributed by atoms with Gasteiger partial charge in [0.15, 0.2) is 0 Å². The first-order valence-corrected chi connectivity index (χ1v) is 12.3. The normalized spacial score (nSPS) is 15.2. The van der Waals surface area contributed by atoms with E-state index in [1.54, 1.807) is 61.5 Å². The molecule has 1 aliphatic heterocycles. The summed E-state index contributed by atoms with van der Waals surface area (Å²) in [6.45, 7) is 0.793. The molecule has 0 spiro atoms. The molecule has 0 radical (unpaired) electrons. The number of rotatable bonds is 7. The number of nitrogens with one attached hydrogen (secondary N) is 2. The van der Waals surface area contributed by atoms with E-state index >= 15 is 0 Å². The maximum atomic E-state index is 12.9.